The van der Waals surface area contributed by atoms with E-state index >= 15 is 0 Å². The third kappa shape index (κ3) is 2.47. The molecule has 0 aromatic carbocycles. The molecule has 0 bridgehead atoms. The van der Waals surface area contributed by atoms with Gasteiger partial charge in [-0.1, -0.05) is 5.11 Å². The second-order valence-electron chi connectivity index (χ2n) is 5.82. The molecule has 1 saturated heterocycles. The van der Waals surface area contributed by atoms with Crippen LogP contribution in [0.3, 0.4) is 0 Å². The summed E-state index contributed by atoms with van der Waals surface area (Å²) in [6.45, 7) is 6.97. The molecule has 3 atom stereocenters. The van der Waals surface area contributed by atoms with Gasteiger partial charge in [-0.05, 0) is 44.6 Å². The Kier molecular flexibility index (Phi) is 2.91. The summed E-state index contributed by atoms with van der Waals surface area (Å²) in [5.41, 5.74) is 7.95. The van der Waals surface area contributed by atoms with Crippen LogP contribution in [0.15, 0.2) is 5.11 Å². The van der Waals surface area contributed by atoms with Gasteiger partial charge in [-0.3, -0.25) is 0 Å². The van der Waals surface area contributed by atoms with Crippen LogP contribution in [-0.2, 0) is 4.74 Å². The van der Waals surface area contributed by atoms with Gasteiger partial charge in [0.2, 0.25) is 0 Å². The summed E-state index contributed by atoms with van der Waals surface area (Å²) >= 11 is 0. The van der Waals surface area contributed by atoms with Gasteiger partial charge in [0.1, 0.15) is 5.60 Å². The number of ether oxygens (including phenoxy) is 1. The molecule has 2 rings (SSSR count). The SMILES string of the molecule is CC(C)(C)OC(=O)N1CC2CC(N=[N+]=[N-])C2C1. The van der Waals surface area contributed by atoms with E-state index in [4.69, 9.17) is 10.3 Å². The van der Waals surface area contributed by atoms with Gasteiger partial charge in [-0.15, -0.1) is 0 Å². The minimum absolute atomic E-state index is 0.0671. The van der Waals surface area contributed by atoms with Crippen molar-refractivity contribution >= 4 is 6.09 Å². The number of likely N-dealkylation sites (tertiary alicyclic amines) is 1. The molecule has 17 heavy (non-hydrogen) atoms. The molecule has 0 aromatic heterocycles. The third-order valence-electron chi connectivity index (χ3n) is 3.38. The Labute approximate surface area is 101 Å². The van der Waals surface area contributed by atoms with Gasteiger partial charge < -0.3 is 9.64 Å². The zero-order valence-corrected chi connectivity index (χ0v) is 10.5. The highest BCUT2D eigenvalue weighted by atomic mass is 16.6. The lowest BCUT2D eigenvalue weighted by Gasteiger charge is -2.35. The zero-order chi connectivity index (χ0) is 12.6. The lowest BCUT2D eigenvalue weighted by atomic mass is 9.72. The second-order valence-corrected chi connectivity index (χ2v) is 5.82. The highest BCUT2D eigenvalue weighted by molar-refractivity contribution is 5.68. The molecule has 0 radical (unpaired) electrons. The van der Waals surface area contributed by atoms with E-state index in [2.05, 4.69) is 10.0 Å². The monoisotopic (exact) mass is 238 g/mol. The molecule has 6 nitrogen and oxygen atoms in total. The maximum Gasteiger partial charge on any atom is 0.410 e. The molecule has 3 unspecified atom stereocenters. The molecule has 2 aliphatic rings. The summed E-state index contributed by atoms with van der Waals surface area (Å²) in [7, 11) is 0. The van der Waals surface area contributed by atoms with Crippen LogP contribution in [0.25, 0.3) is 10.4 Å². The smallest absolute Gasteiger partial charge is 0.410 e. The largest absolute Gasteiger partial charge is 0.444 e. The molecule has 0 N–H and O–H groups in total. The van der Waals surface area contributed by atoms with E-state index in [0.29, 0.717) is 18.4 Å². The molecule has 1 aliphatic carbocycles. The van der Waals surface area contributed by atoms with Gasteiger partial charge in [-0.2, -0.15) is 0 Å². The van der Waals surface area contributed by atoms with Crippen LogP contribution >= 0.6 is 0 Å². The molecule has 1 aliphatic heterocycles. The van der Waals surface area contributed by atoms with Crippen LogP contribution in [-0.4, -0.2) is 35.7 Å². The Morgan fingerprint density at radius 3 is 2.76 bits per heavy atom. The van der Waals surface area contributed by atoms with Crippen molar-refractivity contribution in [1.29, 1.82) is 0 Å². The quantitative estimate of drug-likeness (QED) is 0.400. The molecule has 0 aromatic rings. The Balaban J connectivity index is 1.90. The highest BCUT2D eigenvalue weighted by Crippen LogP contribution is 2.43. The fourth-order valence-electron chi connectivity index (χ4n) is 2.55. The van der Waals surface area contributed by atoms with Crippen LogP contribution in [0.1, 0.15) is 27.2 Å². The topological polar surface area (TPSA) is 78.3 Å². The number of nitrogens with zero attached hydrogens (tertiary/aromatic N) is 4. The van der Waals surface area contributed by atoms with Crippen molar-refractivity contribution in [3.05, 3.63) is 10.4 Å². The minimum Gasteiger partial charge on any atom is -0.444 e. The maximum atomic E-state index is 11.8. The summed E-state index contributed by atoms with van der Waals surface area (Å²) in [4.78, 5) is 16.4. The number of azide groups is 1. The molecular weight excluding hydrogens is 220 g/mol. The van der Waals surface area contributed by atoms with E-state index < -0.39 is 5.60 Å². The summed E-state index contributed by atoms with van der Waals surface area (Å²) < 4.78 is 5.32. The molecule has 1 amide bonds. The van der Waals surface area contributed by atoms with E-state index in [9.17, 15) is 4.79 Å². The van der Waals surface area contributed by atoms with Gasteiger partial charge in [0.05, 0.1) is 0 Å². The van der Waals surface area contributed by atoms with Gasteiger partial charge in [-0.25, -0.2) is 4.79 Å². The van der Waals surface area contributed by atoms with Crippen molar-refractivity contribution in [2.24, 2.45) is 17.0 Å². The summed E-state index contributed by atoms with van der Waals surface area (Å²) in [5.74, 6) is 0.816. The normalized spacial score (nSPS) is 31.2. The summed E-state index contributed by atoms with van der Waals surface area (Å²) in [6.07, 6.45) is 0.639. The Morgan fingerprint density at radius 2 is 2.18 bits per heavy atom. The average Bonchev–Trinajstić information content (AvgIpc) is 2.50. The predicted molar refractivity (Wildman–Crippen MR) is 62.3 cm³/mol. The molecule has 2 fully saturated rings. The second kappa shape index (κ2) is 4.11. The first-order valence-corrected chi connectivity index (χ1v) is 5.93. The average molecular weight is 238 g/mol. The Morgan fingerprint density at radius 1 is 1.47 bits per heavy atom. The number of fused-ring (bicyclic) bond motifs is 1. The number of carbonyl (C=O) groups excluding carboxylic acids is 1. The van der Waals surface area contributed by atoms with Crippen molar-refractivity contribution in [1.82, 2.24) is 4.90 Å². The standard InChI is InChI=1S/C11H18N4O2/c1-11(2,3)17-10(16)15-5-7-4-9(13-14-12)8(7)6-15/h7-9H,4-6H2,1-3H3. The van der Waals surface area contributed by atoms with Crippen LogP contribution in [0.4, 0.5) is 4.79 Å². The van der Waals surface area contributed by atoms with Gasteiger partial charge in [0.15, 0.2) is 0 Å². The van der Waals surface area contributed by atoms with Crippen LogP contribution in [0, 0.1) is 11.8 Å². The number of rotatable bonds is 1. The first kappa shape index (κ1) is 12.0. The van der Waals surface area contributed by atoms with Gasteiger partial charge in [0, 0.05) is 24.0 Å². The van der Waals surface area contributed by atoms with E-state index in [-0.39, 0.29) is 12.1 Å². The fourth-order valence-corrected chi connectivity index (χ4v) is 2.55. The van der Waals surface area contributed by atoms with Crippen molar-refractivity contribution in [3.63, 3.8) is 0 Å². The molecule has 6 heteroatoms. The van der Waals surface area contributed by atoms with Crippen LogP contribution in [0.5, 0.6) is 0 Å². The van der Waals surface area contributed by atoms with E-state index in [1.54, 1.807) is 4.90 Å². The lowest BCUT2D eigenvalue weighted by molar-refractivity contribution is 0.0288. The first-order chi connectivity index (χ1) is 7.90. The number of carbonyl (C=O) groups is 1. The van der Waals surface area contributed by atoms with Gasteiger partial charge in [0.25, 0.3) is 0 Å². The van der Waals surface area contributed by atoms with Crippen molar-refractivity contribution in [3.8, 4) is 0 Å². The van der Waals surface area contributed by atoms with E-state index in [1.165, 1.54) is 0 Å². The number of hydrogen-bond acceptors (Lipinski definition) is 3. The molecule has 1 saturated carbocycles. The molecular formula is C11H18N4O2. The van der Waals surface area contributed by atoms with Crippen molar-refractivity contribution in [2.45, 2.75) is 38.8 Å². The van der Waals surface area contributed by atoms with E-state index in [1.807, 2.05) is 20.8 Å². The maximum absolute atomic E-state index is 11.8. The minimum atomic E-state index is -0.455. The fraction of sp³-hybridized carbons (Fsp3) is 0.909. The van der Waals surface area contributed by atoms with E-state index in [0.717, 1.165) is 13.0 Å². The first-order valence-electron chi connectivity index (χ1n) is 5.93. The summed E-state index contributed by atoms with van der Waals surface area (Å²) in [5, 5.41) is 3.74. The van der Waals surface area contributed by atoms with Crippen molar-refractivity contribution < 1.29 is 9.53 Å². The van der Waals surface area contributed by atoms with Crippen LogP contribution in [0.2, 0.25) is 0 Å². The summed E-state index contributed by atoms with van der Waals surface area (Å²) in [6, 6.07) is 0.0671. The zero-order valence-electron chi connectivity index (χ0n) is 10.5. The molecule has 94 valence electrons. The van der Waals surface area contributed by atoms with Crippen LogP contribution < -0.4 is 0 Å². The predicted octanol–water partition coefficient (Wildman–Crippen LogP) is 2.55. The third-order valence-corrected chi connectivity index (χ3v) is 3.38. The Bertz CT molecular complexity index is 370. The van der Waals surface area contributed by atoms with Gasteiger partial charge >= 0.3 is 6.09 Å². The van der Waals surface area contributed by atoms with Crippen molar-refractivity contribution in [2.75, 3.05) is 13.1 Å². The lowest BCUT2D eigenvalue weighted by Crippen LogP contribution is -2.38. The highest BCUT2D eigenvalue weighted by Gasteiger charge is 2.48. The number of amides is 1. The molecule has 0 spiro atoms. The molecule has 1 heterocycles. The number of hydrogen-bond donors (Lipinski definition) is 0. The Hall–Kier alpha value is -1.42.